The fraction of sp³-hybridized carbons (Fsp3) is 0.167. The number of hydrogen-bond acceptors (Lipinski definition) is 3. The zero-order valence-electron chi connectivity index (χ0n) is 16.1. The number of rotatable bonds is 6. The van der Waals surface area contributed by atoms with Gasteiger partial charge >= 0.3 is 0 Å². The van der Waals surface area contributed by atoms with Crippen molar-refractivity contribution >= 4 is 16.8 Å². The van der Waals surface area contributed by atoms with Crippen LogP contribution in [-0.2, 0) is 6.42 Å². The van der Waals surface area contributed by atoms with Gasteiger partial charge < -0.3 is 4.74 Å². The summed E-state index contributed by atoms with van der Waals surface area (Å²) in [5, 5.41) is 0. The number of aromatic nitrogens is 2. The lowest BCUT2D eigenvalue weighted by molar-refractivity contribution is 0.0983. The monoisotopic (exact) mass is 370 g/mol. The van der Waals surface area contributed by atoms with Crippen molar-refractivity contribution in [2.45, 2.75) is 19.8 Å². The van der Waals surface area contributed by atoms with Crippen molar-refractivity contribution in [1.82, 2.24) is 9.55 Å². The number of nitrogens with zero attached hydrogens (tertiary/aromatic N) is 2. The number of carbonyl (C=O) groups is 1. The zero-order valence-corrected chi connectivity index (χ0v) is 16.1. The highest BCUT2D eigenvalue weighted by molar-refractivity contribution is 5.99. The van der Waals surface area contributed by atoms with Gasteiger partial charge in [0, 0.05) is 17.7 Å². The van der Waals surface area contributed by atoms with Crippen molar-refractivity contribution in [3.8, 4) is 11.4 Å². The van der Waals surface area contributed by atoms with Gasteiger partial charge in [0.1, 0.15) is 12.1 Å². The molecule has 4 heteroatoms. The Balaban J connectivity index is 1.56. The van der Waals surface area contributed by atoms with Gasteiger partial charge in [-0.3, -0.25) is 9.36 Å². The van der Waals surface area contributed by atoms with Crippen LogP contribution in [0.3, 0.4) is 0 Å². The summed E-state index contributed by atoms with van der Waals surface area (Å²) in [6.07, 6.45) is 2.89. The van der Waals surface area contributed by atoms with Crippen LogP contribution >= 0.6 is 0 Å². The molecule has 0 aliphatic heterocycles. The molecule has 0 bridgehead atoms. The highest BCUT2D eigenvalue weighted by atomic mass is 16.5. The number of hydrogen-bond donors (Lipinski definition) is 0. The molecule has 0 radical (unpaired) electrons. The van der Waals surface area contributed by atoms with Crippen LogP contribution < -0.4 is 4.74 Å². The van der Waals surface area contributed by atoms with E-state index in [9.17, 15) is 4.79 Å². The number of para-hydroxylation sites is 1. The van der Waals surface area contributed by atoms with E-state index in [0.717, 1.165) is 28.0 Å². The van der Waals surface area contributed by atoms with E-state index in [4.69, 9.17) is 4.74 Å². The summed E-state index contributed by atoms with van der Waals surface area (Å²) in [4.78, 5) is 17.2. The molecule has 1 aromatic heterocycles. The summed E-state index contributed by atoms with van der Waals surface area (Å²) < 4.78 is 7.42. The van der Waals surface area contributed by atoms with E-state index in [1.165, 1.54) is 5.56 Å². The molecule has 4 nitrogen and oxygen atoms in total. The average molecular weight is 370 g/mol. The SMILES string of the molecule is COc1ccccc1CCC(=O)c1ccc2c(c1)ncn2-c1cccc(C)c1. The third-order valence-electron chi connectivity index (χ3n) is 4.96. The second kappa shape index (κ2) is 7.69. The van der Waals surface area contributed by atoms with Crippen molar-refractivity contribution < 1.29 is 9.53 Å². The van der Waals surface area contributed by atoms with Gasteiger partial charge in [-0.05, 0) is 60.9 Å². The Morgan fingerprint density at radius 1 is 1.04 bits per heavy atom. The largest absolute Gasteiger partial charge is 0.496 e. The van der Waals surface area contributed by atoms with Crippen LogP contribution in [0.2, 0.25) is 0 Å². The van der Waals surface area contributed by atoms with Gasteiger partial charge in [0.25, 0.3) is 0 Å². The second-order valence-electron chi connectivity index (χ2n) is 6.89. The molecule has 0 unspecified atom stereocenters. The molecule has 0 N–H and O–H groups in total. The fourth-order valence-electron chi connectivity index (χ4n) is 3.47. The van der Waals surface area contributed by atoms with Gasteiger partial charge in [0.15, 0.2) is 5.78 Å². The number of methoxy groups -OCH3 is 1. The van der Waals surface area contributed by atoms with Crippen molar-refractivity contribution in [3.05, 3.63) is 89.7 Å². The van der Waals surface area contributed by atoms with Crippen LogP contribution in [-0.4, -0.2) is 22.4 Å². The van der Waals surface area contributed by atoms with Gasteiger partial charge in [-0.1, -0.05) is 30.3 Å². The topological polar surface area (TPSA) is 44.1 Å². The molecule has 0 saturated heterocycles. The molecule has 0 fully saturated rings. The third-order valence-corrected chi connectivity index (χ3v) is 4.96. The van der Waals surface area contributed by atoms with Gasteiger partial charge in [0.05, 0.1) is 18.1 Å². The quantitative estimate of drug-likeness (QED) is 0.441. The highest BCUT2D eigenvalue weighted by Gasteiger charge is 2.12. The summed E-state index contributed by atoms with van der Waals surface area (Å²) in [5.41, 5.74) is 5.82. The van der Waals surface area contributed by atoms with Gasteiger partial charge in [-0.25, -0.2) is 4.98 Å². The lowest BCUT2D eigenvalue weighted by Gasteiger charge is -2.08. The van der Waals surface area contributed by atoms with Gasteiger partial charge in [0.2, 0.25) is 0 Å². The van der Waals surface area contributed by atoms with E-state index in [0.29, 0.717) is 18.4 Å². The van der Waals surface area contributed by atoms with Crippen molar-refractivity contribution in [2.24, 2.45) is 0 Å². The lowest BCUT2D eigenvalue weighted by Crippen LogP contribution is -2.02. The first-order valence-corrected chi connectivity index (χ1v) is 9.35. The number of benzene rings is 3. The lowest BCUT2D eigenvalue weighted by atomic mass is 10.0. The molecule has 1 heterocycles. The summed E-state index contributed by atoms with van der Waals surface area (Å²) in [6, 6.07) is 21.8. The first kappa shape index (κ1) is 18.0. The molecule has 28 heavy (non-hydrogen) atoms. The first-order valence-electron chi connectivity index (χ1n) is 9.35. The van der Waals surface area contributed by atoms with Crippen molar-refractivity contribution in [1.29, 1.82) is 0 Å². The van der Waals surface area contributed by atoms with Crippen LogP contribution in [0, 0.1) is 6.92 Å². The predicted octanol–water partition coefficient (Wildman–Crippen LogP) is 5.16. The summed E-state index contributed by atoms with van der Waals surface area (Å²) in [7, 11) is 1.65. The summed E-state index contributed by atoms with van der Waals surface area (Å²) >= 11 is 0. The number of carbonyl (C=O) groups excluding carboxylic acids is 1. The van der Waals surface area contributed by atoms with E-state index in [2.05, 4.69) is 30.1 Å². The van der Waals surface area contributed by atoms with E-state index in [-0.39, 0.29) is 5.78 Å². The maximum absolute atomic E-state index is 12.7. The van der Waals surface area contributed by atoms with Crippen LogP contribution in [0.15, 0.2) is 73.1 Å². The second-order valence-corrected chi connectivity index (χ2v) is 6.89. The molecular weight excluding hydrogens is 348 g/mol. The van der Waals surface area contributed by atoms with Crippen LogP contribution in [0.1, 0.15) is 27.9 Å². The van der Waals surface area contributed by atoms with E-state index in [1.807, 2.05) is 59.4 Å². The fourth-order valence-corrected chi connectivity index (χ4v) is 3.47. The molecule has 140 valence electrons. The standard InChI is InChI=1S/C24H22N2O2/c1-17-6-5-8-20(14-17)26-16-25-21-15-19(10-12-22(21)26)23(27)13-11-18-7-3-4-9-24(18)28-2/h3-10,12,14-16H,11,13H2,1-2H3. The summed E-state index contributed by atoms with van der Waals surface area (Å²) in [5.74, 6) is 0.931. The number of fused-ring (bicyclic) bond motifs is 1. The minimum absolute atomic E-state index is 0.109. The molecule has 0 amide bonds. The Hall–Kier alpha value is -3.40. The zero-order chi connectivity index (χ0) is 19.5. The number of Topliss-reactive ketones (excluding diaryl/α,β-unsaturated/α-hetero) is 1. The molecule has 0 aliphatic carbocycles. The molecule has 4 aromatic rings. The molecule has 0 atom stereocenters. The molecule has 3 aromatic carbocycles. The molecular formula is C24H22N2O2. The van der Waals surface area contributed by atoms with Gasteiger partial charge in [-0.15, -0.1) is 0 Å². The first-order chi connectivity index (χ1) is 13.7. The smallest absolute Gasteiger partial charge is 0.163 e. The van der Waals surface area contributed by atoms with Crippen molar-refractivity contribution in [3.63, 3.8) is 0 Å². The molecule has 0 aliphatic rings. The van der Waals surface area contributed by atoms with E-state index in [1.54, 1.807) is 7.11 Å². The normalized spacial score (nSPS) is 10.9. The molecule has 0 spiro atoms. The van der Waals surface area contributed by atoms with Crippen LogP contribution in [0.5, 0.6) is 5.75 Å². The Morgan fingerprint density at radius 2 is 1.89 bits per heavy atom. The highest BCUT2D eigenvalue weighted by Crippen LogP contribution is 2.23. The predicted molar refractivity (Wildman–Crippen MR) is 111 cm³/mol. The number of imidazole rings is 1. The third kappa shape index (κ3) is 3.54. The minimum atomic E-state index is 0.109. The average Bonchev–Trinajstić information content (AvgIpc) is 3.15. The van der Waals surface area contributed by atoms with Crippen molar-refractivity contribution in [2.75, 3.05) is 7.11 Å². The Labute approximate surface area is 164 Å². The number of aryl methyl sites for hydroxylation is 2. The Kier molecular flexibility index (Phi) is 4.94. The minimum Gasteiger partial charge on any atom is -0.496 e. The van der Waals surface area contributed by atoms with E-state index < -0.39 is 0 Å². The van der Waals surface area contributed by atoms with E-state index >= 15 is 0 Å². The summed E-state index contributed by atoms with van der Waals surface area (Å²) in [6.45, 7) is 2.07. The number of ketones is 1. The molecule has 0 saturated carbocycles. The Morgan fingerprint density at radius 3 is 2.71 bits per heavy atom. The van der Waals surface area contributed by atoms with Crippen LogP contribution in [0.4, 0.5) is 0 Å². The van der Waals surface area contributed by atoms with Gasteiger partial charge in [-0.2, -0.15) is 0 Å². The maximum Gasteiger partial charge on any atom is 0.163 e. The molecule has 4 rings (SSSR count). The maximum atomic E-state index is 12.7. The number of ether oxygens (including phenoxy) is 1. The Bertz CT molecular complexity index is 1140. The van der Waals surface area contributed by atoms with Crippen LogP contribution in [0.25, 0.3) is 16.7 Å².